The SMILES string of the molecule is CC.COC(=O)N1CC(C(=O)O)C1. The van der Waals surface area contributed by atoms with Gasteiger partial charge < -0.3 is 14.7 Å². The highest BCUT2D eigenvalue weighted by molar-refractivity contribution is 5.76. The number of ether oxygens (including phenoxy) is 1. The number of hydrogen-bond acceptors (Lipinski definition) is 3. The topological polar surface area (TPSA) is 66.8 Å². The summed E-state index contributed by atoms with van der Waals surface area (Å²) in [7, 11) is 1.27. The number of hydrogen-bond donors (Lipinski definition) is 1. The normalized spacial score (nSPS) is 15.2. The van der Waals surface area contributed by atoms with Crippen molar-refractivity contribution in [1.82, 2.24) is 4.90 Å². The van der Waals surface area contributed by atoms with Crippen molar-refractivity contribution in [3.8, 4) is 0 Å². The van der Waals surface area contributed by atoms with Gasteiger partial charge >= 0.3 is 12.1 Å². The average molecular weight is 189 g/mol. The summed E-state index contributed by atoms with van der Waals surface area (Å²) >= 11 is 0. The summed E-state index contributed by atoms with van der Waals surface area (Å²) in [6.07, 6.45) is -0.456. The van der Waals surface area contributed by atoms with Crippen LogP contribution in [0.15, 0.2) is 0 Å². The van der Waals surface area contributed by atoms with Gasteiger partial charge in [-0.3, -0.25) is 4.79 Å². The molecule has 1 aliphatic rings. The lowest BCUT2D eigenvalue weighted by Crippen LogP contribution is -2.52. The molecule has 0 spiro atoms. The monoisotopic (exact) mass is 189 g/mol. The van der Waals surface area contributed by atoms with Crippen LogP contribution >= 0.6 is 0 Å². The van der Waals surface area contributed by atoms with Crippen LogP contribution in [0.3, 0.4) is 0 Å². The van der Waals surface area contributed by atoms with Gasteiger partial charge in [-0.25, -0.2) is 4.79 Å². The first-order chi connectivity index (χ1) is 6.15. The summed E-state index contributed by atoms with van der Waals surface area (Å²) in [4.78, 5) is 22.3. The number of amides is 1. The van der Waals surface area contributed by atoms with Crippen LogP contribution in [-0.2, 0) is 9.53 Å². The van der Waals surface area contributed by atoms with Gasteiger partial charge in [0, 0.05) is 13.1 Å². The molecule has 0 bridgehead atoms. The second-order valence-corrected chi connectivity index (χ2v) is 2.41. The number of carboxylic acids is 1. The lowest BCUT2D eigenvalue weighted by Gasteiger charge is -2.34. The Morgan fingerprint density at radius 3 is 2.15 bits per heavy atom. The predicted molar refractivity (Wildman–Crippen MR) is 46.5 cm³/mol. The Morgan fingerprint density at radius 2 is 1.85 bits per heavy atom. The molecule has 0 aromatic rings. The van der Waals surface area contributed by atoms with Crippen LogP contribution in [0.1, 0.15) is 13.8 Å². The van der Waals surface area contributed by atoms with Gasteiger partial charge in [0.1, 0.15) is 0 Å². The first-order valence-electron chi connectivity index (χ1n) is 4.21. The van der Waals surface area contributed by atoms with Gasteiger partial charge in [0.25, 0.3) is 0 Å². The minimum Gasteiger partial charge on any atom is -0.481 e. The molecule has 0 atom stereocenters. The van der Waals surface area contributed by atoms with E-state index in [9.17, 15) is 9.59 Å². The third-order valence-corrected chi connectivity index (χ3v) is 1.66. The van der Waals surface area contributed by atoms with E-state index in [4.69, 9.17) is 5.11 Å². The second-order valence-electron chi connectivity index (χ2n) is 2.41. The van der Waals surface area contributed by atoms with Crippen LogP contribution in [0, 0.1) is 5.92 Å². The van der Waals surface area contributed by atoms with E-state index < -0.39 is 18.0 Å². The maximum Gasteiger partial charge on any atom is 0.409 e. The highest BCUT2D eigenvalue weighted by Crippen LogP contribution is 2.15. The molecule has 1 fully saturated rings. The fraction of sp³-hybridized carbons (Fsp3) is 0.750. The molecule has 1 saturated heterocycles. The van der Waals surface area contributed by atoms with Gasteiger partial charge in [0.05, 0.1) is 13.0 Å². The Labute approximate surface area is 77.3 Å². The van der Waals surface area contributed by atoms with E-state index in [2.05, 4.69) is 4.74 Å². The zero-order valence-electron chi connectivity index (χ0n) is 8.11. The van der Waals surface area contributed by atoms with E-state index in [1.54, 1.807) is 0 Å². The minimum atomic E-state index is -0.856. The highest BCUT2D eigenvalue weighted by atomic mass is 16.5. The maximum atomic E-state index is 10.7. The maximum absolute atomic E-state index is 10.7. The quantitative estimate of drug-likeness (QED) is 0.662. The van der Waals surface area contributed by atoms with Crippen LogP contribution in [0.5, 0.6) is 0 Å². The number of methoxy groups -OCH3 is 1. The highest BCUT2D eigenvalue weighted by Gasteiger charge is 2.35. The molecule has 1 rings (SSSR count). The lowest BCUT2D eigenvalue weighted by atomic mass is 10.0. The van der Waals surface area contributed by atoms with Crippen LogP contribution in [0.25, 0.3) is 0 Å². The zero-order chi connectivity index (χ0) is 10.4. The van der Waals surface area contributed by atoms with Gasteiger partial charge in [-0.2, -0.15) is 0 Å². The van der Waals surface area contributed by atoms with Crippen molar-refractivity contribution in [2.24, 2.45) is 5.92 Å². The molecule has 0 unspecified atom stereocenters. The molecule has 13 heavy (non-hydrogen) atoms. The summed E-state index contributed by atoms with van der Waals surface area (Å²) < 4.78 is 4.38. The van der Waals surface area contributed by atoms with Crippen molar-refractivity contribution in [2.45, 2.75) is 13.8 Å². The standard InChI is InChI=1S/C6H9NO4.C2H6/c1-11-6(10)7-2-4(3-7)5(8)9;1-2/h4H,2-3H2,1H3,(H,8,9);1-2H3. The fourth-order valence-electron chi connectivity index (χ4n) is 0.913. The smallest absolute Gasteiger partial charge is 0.409 e. The van der Waals surface area contributed by atoms with Crippen molar-refractivity contribution < 1.29 is 19.4 Å². The van der Waals surface area contributed by atoms with Crippen LogP contribution in [0.2, 0.25) is 0 Å². The molecule has 0 saturated carbocycles. The first kappa shape index (κ1) is 11.7. The number of aliphatic carboxylic acids is 1. The molecule has 1 heterocycles. The Morgan fingerprint density at radius 1 is 1.38 bits per heavy atom. The van der Waals surface area contributed by atoms with Gasteiger partial charge in [0.15, 0.2) is 0 Å². The van der Waals surface area contributed by atoms with Gasteiger partial charge in [-0.15, -0.1) is 0 Å². The minimum absolute atomic E-state index is 0.266. The molecule has 5 heteroatoms. The third kappa shape index (κ3) is 2.93. The van der Waals surface area contributed by atoms with Gasteiger partial charge in [0.2, 0.25) is 0 Å². The van der Waals surface area contributed by atoms with Crippen LogP contribution in [-0.4, -0.2) is 42.3 Å². The molecule has 5 nitrogen and oxygen atoms in total. The van der Waals surface area contributed by atoms with E-state index in [1.165, 1.54) is 12.0 Å². The summed E-state index contributed by atoms with van der Waals surface area (Å²) in [5, 5.41) is 8.43. The van der Waals surface area contributed by atoms with Crippen molar-refractivity contribution in [2.75, 3.05) is 20.2 Å². The van der Waals surface area contributed by atoms with Crippen LogP contribution in [0.4, 0.5) is 4.79 Å². The summed E-state index contributed by atoms with van der Waals surface area (Å²) in [6, 6.07) is 0. The van der Waals surface area contributed by atoms with Crippen molar-refractivity contribution in [3.05, 3.63) is 0 Å². The number of carboxylic acid groups (broad SMARTS) is 1. The van der Waals surface area contributed by atoms with Crippen molar-refractivity contribution in [1.29, 1.82) is 0 Å². The second kappa shape index (κ2) is 5.40. The molecular weight excluding hydrogens is 174 g/mol. The molecule has 1 aliphatic heterocycles. The van der Waals surface area contributed by atoms with E-state index in [-0.39, 0.29) is 13.1 Å². The van der Waals surface area contributed by atoms with E-state index in [0.29, 0.717) is 0 Å². The Kier molecular flexibility index (Phi) is 4.87. The third-order valence-electron chi connectivity index (χ3n) is 1.66. The van der Waals surface area contributed by atoms with Crippen molar-refractivity contribution >= 4 is 12.1 Å². The fourth-order valence-corrected chi connectivity index (χ4v) is 0.913. The molecule has 0 radical (unpaired) electrons. The Balaban J connectivity index is 0.000000671. The van der Waals surface area contributed by atoms with Gasteiger partial charge in [-0.1, -0.05) is 13.8 Å². The molecular formula is C8H15NO4. The van der Waals surface area contributed by atoms with E-state index >= 15 is 0 Å². The Bertz CT molecular complexity index is 187. The number of nitrogens with zero attached hydrogens (tertiary/aromatic N) is 1. The molecule has 0 aromatic heterocycles. The summed E-state index contributed by atoms with van der Waals surface area (Å²) in [6.45, 7) is 4.53. The van der Waals surface area contributed by atoms with E-state index in [1.807, 2.05) is 13.8 Å². The molecule has 76 valence electrons. The lowest BCUT2D eigenvalue weighted by molar-refractivity contribution is -0.146. The average Bonchev–Trinajstić information content (AvgIpc) is 2.04. The van der Waals surface area contributed by atoms with E-state index in [0.717, 1.165) is 0 Å². The number of carbonyl (C=O) groups excluding carboxylic acids is 1. The number of carbonyl (C=O) groups is 2. The molecule has 0 aromatic carbocycles. The first-order valence-corrected chi connectivity index (χ1v) is 4.21. The summed E-state index contributed by atoms with van der Waals surface area (Å²) in [5.74, 6) is -1.26. The Hall–Kier alpha value is -1.26. The van der Waals surface area contributed by atoms with Crippen molar-refractivity contribution in [3.63, 3.8) is 0 Å². The summed E-state index contributed by atoms with van der Waals surface area (Å²) in [5.41, 5.74) is 0. The van der Waals surface area contributed by atoms with Crippen LogP contribution < -0.4 is 0 Å². The zero-order valence-corrected chi connectivity index (χ0v) is 8.11. The predicted octanol–water partition coefficient (Wildman–Crippen LogP) is 0.795. The largest absolute Gasteiger partial charge is 0.481 e. The molecule has 1 amide bonds. The molecule has 1 N–H and O–H groups in total. The van der Waals surface area contributed by atoms with Gasteiger partial charge in [-0.05, 0) is 0 Å². The number of rotatable bonds is 1. The molecule has 0 aliphatic carbocycles. The number of likely N-dealkylation sites (tertiary alicyclic amines) is 1.